The number of nitrogens with zero attached hydrogens (tertiary/aromatic N) is 4. The molecule has 23 heavy (non-hydrogen) atoms. The van der Waals surface area contributed by atoms with Crippen LogP contribution in [0, 0.1) is 11.3 Å². The van der Waals surface area contributed by atoms with Gasteiger partial charge in [-0.25, -0.2) is 0 Å². The lowest BCUT2D eigenvalue weighted by Gasteiger charge is -2.05. The number of methoxy groups -OCH3 is 1. The van der Waals surface area contributed by atoms with Crippen molar-refractivity contribution in [1.29, 1.82) is 5.26 Å². The zero-order chi connectivity index (χ0) is 16.7. The van der Waals surface area contributed by atoms with Crippen LogP contribution in [0.15, 0.2) is 29.4 Å². The van der Waals surface area contributed by atoms with Crippen molar-refractivity contribution in [2.24, 2.45) is 7.05 Å². The minimum Gasteiger partial charge on any atom is -0.497 e. The topological polar surface area (TPSA) is 92.8 Å². The SMILES string of the molecule is COc1ccc(-c2nnc(SCC(=O)NCCC#N)n2C)cc1. The van der Waals surface area contributed by atoms with Gasteiger partial charge in [-0.05, 0) is 24.3 Å². The maximum atomic E-state index is 11.6. The van der Waals surface area contributed by atoms with E-state index in [1.54, 1.807) is 7.11 Å². The maximum Gasteiger partial charge on any atom is 0.230 e. The van der Waals surface area contributed by atoms with Gasteiger partial charge in [-0.1, -0.05) is 11.8 Å². The largest absolute Gasteiger partial charge is 0.497 e. The van der Waals surface area contributed by atoms with E-state index >= 15 is 0 Å². The van der Waals surface area contributed by atoms with Crippen molar-refractivity contribution in [2.75, 3.05) is 19.4 Å². The molecule has 0 aliphatic carbocycles. The number of ether oxygens (including phenoxy) is 1. The highest BCUT2D eigenvalue weighted by molar-refractivity contribution is 7.99. The first-order chi connectivity index (χ1) is 11.2. The molecule has 0 aliphatic rings. The van der Waals surface area contributed by atoms with E-state index in [-0.39, 0.29) is 11.7 Å². The number of carbonyl (C=O) groups excluding carboxylic acids is 1. The summed E-state index contributed by atoms with van der Waals surface area (Å²) in [6.45, 7) is 0.367. The van der Waals surface area contributed by atoms with Crippen LogP contribution in [-0.2, 0) is 11.8 Å². The highest BCUT2D eigenvalue weighted by atomic mass is 32.2. The lowest BCUT2D eigenvalue weighted by Crippen LogP contribution is -2.26. The molecule has 0 aliphatic heterocycles. The van der Waals surface area contributed by atoms with Gasteiger partial charge in [0, 0.05) is 19.2 Å². The minimum atomic E-state index is -0.126. The Morgan fingerprint density at radius 1 is 1.39 bits per heavy atom. The van der Waals surface area contributed by atoms with Crippen LogP contribution < -0.4 is 10.1 Å². The summed E-state index contributed by atoms with van der Waals surface area (Å²) in [6.07, 6.45) is 0.308. The molecule has 1 aromatic heterocycles. The number of amides is 1. The molecule has 0 unspecified atom stereocenters. The highest BCUT2D eigenvalue weighted by Gasteiger charge is 2.12. The molecule has 0 radical (unpaired) electrons. The summed E-state index contributed by atoms with van der Waals surface area (Å²) < 4.78 is 6.98. The summed E-state index contributed by atoms with van der Waals surface area (Å²) in [5, 5.41) is 20.0. The molecule has 2 aromatic rings. The number of hydrogen-bond donors (Lipinski definition) is 1. The summed E-state index contributed by atoms with van der Waals surface area (Å²) in [5.41, 5.74) is 0.922. The number of nitriles is 1. The van der Waals surface area contributed by atoms with Gasteiger partial charge in [0.05, 0.1) is 25.4 Å². The molecule has 0 fully saturated rings. The Hall–Kier alpha value is -2.53. The van der Waals surface area contributed by atoms with E-state index in [0.717, 1.165) is 17.1 Å². The third-order valence-electron chi connectivity index (χ3n) is 3.07. The molecule has 1 aromatic carbocycles. The third-order valence-corrected chi connectivity index (χ3v) is 4.09. The Labute approximate surface area is 138 Å². The Balaban J connectivity index is 1.98. The second-order valence-electron chi connectivity index (χ2n) is 4.64. The van der Waals surface area contributed by atoms with Gasteiger partial charge in [0.25, 0.3) is 0 Å². The second kappa shape index (κ2) is 8.19. The minimum absolute atomic E-state index is 0.126. The quantitative estimate of drug-likeness (QED) is 0.612. The highest BCUT2D eigenvalue weighted by Crippen LogP contribution is 2.24. The number of hydrogen-bond acceptors (Lipinski definition) is 6. The fraction of sp³-hybridized carbons (Fsp3) is 0.333. The molecule has 120 valence electrons. The van der Waals surface area contributed by atoms with Crippen molar-refractivity contribution >= 4 is 17.7 Å². The van der Waals surface area contributed by atoms with Crippen molar-refractivity contribution in [1.82, 2.24) is 20.1 Å². The zero-order valence-corrected chi connectivity index (χ0v) is 13.8. The van der Waals surface area contributed by atoms with Crippen molar-refractivity contribution in [3.8, 4) is 23.2 Å². The van der Waals surface area contributed by atoms with Crippen LogP contribution in [0.5, 0.6) is 5.75 Å². The van der Waals surface area contributed by atoms with Crippen molar-refractivity contribution < 1.29 is 9.53 Å². The first-order valence-electron chi connectivity index (χ1n) is 6.96. The first-order valence-corrected chi connectivity index (χ1v) is 7.94. The molecule has 1 heterocycles. The van der Waals surface area contributed by atoms with Crippen LogP contribution in [0.4, 0.5) is 0 Å². The first kappa shape index (κ1) is 16.8. The van der Waals surface area contributed by atoms with E-state index < -0.39 is 0 Å². The Bertz CT molecular complexity index is 706. The number of benzene rings is 1. The molecule has 0 atom stereocenters. The molecule has 1 amide bonds. The van der Waals surface area contributed by atoms with Crippen LogP contribution in [0.1, 0.15) is 6.42 Å². The predicted octanol–water partition coefficient (Wildman–Crippen LogP) is 1.61. The van der Waals surface area contributed by atoms with Crippen LogP contribution in [-0.4, -0.2) is 40.1 Å². The fourth-order valence-electron chi connectivity index (χ4n) is 1.87. The Morgan fingerprint density at radius 2 is 2.13 bits per heavy atom. The zero-order valence-electron chi connectivity index (χ0n) is 12.9. The molecule has 0 spiro atoms. The Kier molecular flexibility index (Phi) is 6.00. The van der Waals surface area contributed by atoms with Gasteiger partial charge in [0.15, 0.2) is 11.0 Å². The number of rotatable bonds is 7. The molecule has 7 nitrogen and oxygen atoms in total. The van der Waals surface area contributed by atoms with Crippen LogP contribution in [0.2, 0.25) is 0 Å². The molecule has 0 bridgehead atoms. The lowest BCUT2D eigenvalue weighted by atomic mass is 10.2. The third kappa shape index (κ3) is 4.47. The number of aromatic nitrogens is 3. The van der Waals surface area contributed by atoms with Gasteiger partial charge in [-0.3, -0.25) is 4.79 Å². The van der Waals surface area contributed by atoms with Gasteiger partial charge in [0.2, 0.25) is 5.91 Å². The summed E-state index contributed by atoms with van der Waals surface area (Å²) in [5.74, 6) is 1.61. The molecular weight excluding hydrogens is 314 g/mol. The second-order valence-corrected chi connectivity index (χ2v) is 5.58. The van der Waals surface area contributed by atoms with E-state index in [9.17, 15) is 4.79 Å². The Morgan fingerprint density at radius 3 is 2.78 bits per heavy atom. The van der Waals surface area contributed by atoms with Crippen LogP contribution >= 0.6 is 11.8 Å². The number of thioether (sulfide) groups is 1. The number of carbonyl (C=O) groups is 1. The molecule has 2 rings (SSSR count). The summed E-state index contributed by atoms with van der Waals surface area (Å²) >= 11 is 1.31. The van der Waals surface area contributed by atoms with E-state index in [1.807, 2.05) is 41.9 Å². The standard InChI is InChI=1S/C15H17N5O2S/c1-20-14(11-4-6-12(22-2)7-5-11)18-19-15(20)23-10-13(21)17-9-3-8-16/h4-7H,3,9-10H2,1-2H3,(H,17,21). The summed E-state index contributed by atoms with van der Waals surface area (Å²) in [4.78, 5) is 11.6. The van der Waals surface area contributed by atoms with Gasteiger partial charge >= 0.3 is 0 Å². The molecular formula is C15H17N5O2S. The van der Waals surface area contributed by atoms with Crippen molar-refractivity contribution in [2.45, 2.75) is 11.6 Å². The van der Waals surface area contributed by atoms with E-state index in [2.05, 4.69) is 15.5 Å². The normalized spacial score (nSPS) is 10.1. The summed E-state index contributed by atoms with van der Waals surface area (Å²) in [7, 11) is 3.48. The average Bonchev–Trinajstić information content (AvgIpc) is 2.94. The number of nitrogens with one attached hydrogen (secondary N) is 1. The van der Waals surface area contributed by atoms with E-state index in [4.69, 9.17) is 10.00 Å². The maximum absolute atomic E-state index is 11.6. The monoisotopic (exact) mass is 331 g/mol. The van der Waals surface area contributed by atoms with Crippen molar-refractivity contribution in [3.63, 3.8) is 0 Å². The van der Waals surface area contributed by atoms with Crippen LogP contribution in [0.3, 0.4) is 0 Å². The molecule has 8 heteroatoms. The van der Waals surface area contributed by atoms with Crippen molar-refractivity contribution in [3.05, 3.63) is 24.3 Å². The lowest BCUT2D eigenvalue weighted by molar-refractivity contribution is -0.118. The van der Waals surface area contributed by atoms with Gasteiger partial charge in [0.1, 0.15) is 5.75 Å². The predicted molar refractivity (Wildman–Crippen MR) is 87.0 cm³/mol. The van der Waals surface area contributed by atoms with Gasteiger partial charge in [-0.15, -0.1) is 10.2 Å². The molecule has 0 saturated carbocycles. The molecule has 0 saturated heterocycles. The summed E-state index contributed by atoms with van der Waals surface area (Å²) in [6, 6.07) is 9.52. The van der Waals surface area contributed by atoms with Gasteiger partial charge < -0.3 is 14.6 Å². The average molecular weight is 331 g/mol. The van der Waals surface area contributed by atoms with E-state index in [1.165, 1.54) is 11.8 Å². The van der Waals surface area contributed by atoms with E-state index in [0.29, 0.717) is 18.1 Å². The smallest absolute Gasteiger partial charge is 0.230 e. The fourth-order valence-corrected chi connectivity index (χ4v) is 2.61. The van der Waals surface area contributed by atoms with Crippen LogP contribution in [0.25, 0.3) is 11.4 Å². The molecule has 1 N–H and O–H groups in total. The van der Waals surface area contributed by atoms with Gasteiger partial charge in [-0.2, -0.15) is 5.26 Å².